The minimum atomic E-state index is -1.67. The molecule has 2 aliphatic heterocycles. The lowest BCUT2D eigenvalue weighted by atomic mass is 9.74. The number of fused-ring (bicyclic) bond motifs is 2. The molecule has 36 heavy (non-hydrogen) atoms. The van der Waals surface area contributed by atoms with Gasteiger partial charge in [-0.2, -0.15) is 0 Å². The van der Waals surface area contributed by atoms with Crippen molar-refractivity contribution in [2.75, 3.05) is 26.1 Å². The number of ether oxygens (including phenoxy) is 3. The number of carbonyl (C=O) groups is 2. The topological polar surface area (TPSA) is 95.5 Å². The van der Waals surface area contributed by atoms with Gasteiger partial charge in [0.2, 0.25) is 0 Å². The molecular weight excluding hydrogens is 460 g/mol. The molecule has 0 unspecified atom stereocenters. The van der Waals surface area contributed by atoms with Crippen LogP contribution in [0.1, 0.15) is 21.5 Å². The Balaban J connectivity index is 1.65. The molecule has 0 bridgehead atoms. The van der Waals surface area contributed by atoms with E-state index in [0.717, 1.165) is 0 Å². The molecule has 3 aromatic carbocycles. The fourth-order valence-electron chi connectivity index (χ4n) is 4.69. The van der Waals surface area contributed by atoms with E-state index in [4.69, 9.17) is 19.0 Å². The van der Waals surface area contributed by atoms with Gasteiger partial charge >= 0.3 is 0 Å². The minimum Gasteiger partial charge on any atom is -0.493 e. The maximum absolute atomic E-state index is 14.2. The molecule has 0 radical (unpaired) electrons. The Kier molecular flexibility index (Phi) is 5.93. The highest BCUT2D eigenvalue weighted by atomic mass is 16.7. The highest BCUT2D eigenvalue weighted by Gasteiger charge is 2.63. The lowest BCUT2D eigenvalue weighted by molar-refractivity contribution is -0.140. The van der Waals surface area contributed by atoms with Crippen LogP contribution in [0.15, 0.2) is 84.5 Å². The molecule has 1 N–H and O–H groups in total. The van der Waals surface area contributed by atoms with Gasteiger partial charge in [0.05, 0.1) is 14.2 Å². The molecule has 1 spiro atoms. The van der Waals surface area contributed by atoms with Crippen LogP contribution in [0, 0.1) is 5.92 Å². The van der Waals surface area contributed by atoms with Crippen LogP contribution in [-0.4, -0.2) is 38.2 Å². The highest BCUT2D eigenvalue weighted by Crippen LogP contribution is 2.51. The molecule has 182 valence electrons. The van der Waals surface area contributed by atoms with Gasteiger partial charge in [-0.15, -0.1) is 0 Å². The summed E-state index contributed by atoms with van der Waals surface area (Å²) < 4.78 is 16.6. The van der Waals surface area contributed by atoms with Crippen molar-refractivity contribution >= 4 is 23.1 Å². The van der Waals surface area contributed by atoms with E-state index >= 15 is 0 Å². The molecule has 2 heterocycles. The summed E-state index contributed by atoms with van der Waals surface area (Å²) in [6, 6.07) is 19.1. The number of methoxy groups -OCH3 is 2. The molecular formula is C28H24N2O6. The number of para-hydroxylation sites is 2. The van der Waals surface area contributed by atoms with Gasteiger partial charge in [-0.3, -0.25) is 9.59 Å². The number of nitrogens with one attached hydrogen (secondary N) is 1. The quantitative estimate of drug-likeness (QED) is 0.377. The molecule has 2 atom stereocenters. The van der Waals surface area contributed by atoms with E-state index in [9.17, 15) is 9.59 Å². The van der Waals surface area contributed by atoms with Crippen molar-refractivity contribution in [3.63, 3.8) is 0 Å². The average Bonchev–Trinajstić information content (AvgIpc) is 3.45. The SMILES string of the molecule is C=CCOc1ccc(C(=O)[C@@H]2C(c3cccc(OC)c3OC)=NO[C@@]23C(=O)Nc2ccccc23)cc1. The Morgan fingerprint density at radius 2 is 1.86 bits per heavy atom. The third-order valence-electron chi connectivity index (χ3n) is 6.33. The first-order valence-corrected chi connectivity index (χ1v) is 11.3. The fraction of sp³-hybridized carbons (Fsp3) is 0.179. The first-order chi connectivity index (χ1) is 17.5. The molecule has 0 saturated heterocycles. The Labute approximate surface area is 208 Å². The summed E-state index contributed by atoms with van der Waals surface area (Å²) in [5, 5.41) is 7.17. The number of carbonyl (C=O) groups excluding carboxylic acids is 2. The fourth-order valence-corrected chi connectivity index (χ4v) is 4.69. The zero-order chi connectivity index (χ0) is 25.3. The summed E-state index contributed by atoms with van der Waals surface area (Å²) in [6.07, 6.45) is 1.64. The first-order valence-electron chi connectivity index (χ1n) is 11.3. The van der Waals surface area contributed by atoms with Crippen LogP contribution in [0.25, 0.3) is 0 Å². The number of hydrogen-bond donors (Lipinski definition) is 1. The van der Waals surface area contributed by atoms with Crippen LogP contribution < -0.4 is 19.5 Å². The Bertz CT molecular complexity index is 1380. The number of anilines is 1. The van der Waals surface area contributed by atoms with Crippen molar-refractivity contribution in [1.29, 1.82) is 0 Å². The Hall–Kier alpha value is -4.59. The Morgan fingerprint density at radius 3 is 2.58 bits per heavy atom. The van der Waals surface area contributed by atoms with Crippen LogP contribution in [0.3, 0.4) is 0 Å². The lowest BCUT2D eigenvalue weighted by Crippen LogP contribution is -2.46. The Morgan fingerprint density at radius 1 is 1.08 bits per heavy atom. The number of amides is 1. The number of hydrogen-bond acceptors (Lipinski definition) is 7. The number of Topliss-reactive ketones (excluding diaryl/α,β-unsaturated/α-hetero) is 1. The summed E-state index contributed by atoms with van der Waals surface area (Å²) in [5.41, 5.74) is 0.588. The molecule has 8 nitrogen and oxygen atoms in total. The van der Waals surface area contributed by atoms with Crippen molar-refractivity contribution in [2.45, 2.75) is 5.60 Å². The zero-order valence-electron chi connectivity index (χ0n) is 19.8. The molecule has 0 aromatic heterocycles. The van der Waals surface area contributed by atoms with Gasteiger partial charge in [0.15, 0.2) is 17.3 Å². The number of ketones is 1. The summed E-state index contributed by atoms with van der Waals surface area (Å²) in [5.74, 6) is -0.452. The molecule has 0 fully saturated rings. The van der Waals surface area contributed by atoms with Crippen LogP contribution in [0.5, 0.6) is 17.2 Å². The molecule has 0 saturated carbocycles. The summed E-state index contributed by atoms with van der Waals surface area (Å²) in [7, 11) is 3.03. The molecule has 5 rings (SSSR count). The number of benzene rings is 3. The molecule has 0 aliphatic carbocycles. The second-order valence-corrected chi connectivity index (χ2v) is 8.27. The monoisotopic (exact) mass is 484 g/mol. The van der Waals surface area contributed by atoms with Crippen molar-refractivity contribution in [2.24, 2.45) is 11.1 Å². The summed E-state index contributed by atoms with van der Waals surface area (Å²) >= 11 is 0. The second kappa shape index (κ2) is 9.22. The second-order valence-electron chi connectivity index (χ2n) is 8.27. The van der Waals surface area contributed by atoms with Gasteiger partial charge in [0.1, 0.15) is 24.0 Å². The van der Waals surface area contributed by atoms with E-state index < -0.39 is 17.4 Å². The van der Waals surface area contributed by atoms with Gasteiger partial charge in [-0.25, -0.2) is 0 Å². The summed E-state index contributed by atoms with van der Waals surface area (Å²) in [4.78, 5) is 33.6. The molecule has 1 amide bonds. The van der Waals surface area contributed by atoms with Gasteiger partial charge in [-0.1, -0.05) is 42.1 Å². The van der Waals surface area contributed by atoms with E-state index in [-0.39, 0.29) is 11.5 Å². The van der Waals surface area contributed by atoms with Gasteiger partial charge < -0.3 is 24.4 Å². The maximum Gasteiger partial charge on any atom is 0.277 e. The van der Waals surface area contributed by atoms with Gasteiger partial charge in [-0.05, 0) is 42.5 Å². The maximum atomic E-state index is 14.2. The van der Waals surface area contributed by atoms with E-state index in [1.807, 2.05) is 0 Å². The van der Waals surface area contributed by atoms with Gasteiger partial charge in [0.25, 0.3) is 11.5 Å². The largest absolute Gasteiger partial charge is 0.493 e. The lowest BCUT2D eigenvalue weighted by Gasteiger charge is -2.27. The number of rotatable bonds is 8. The third kappa shape index (κ3) is 3.50. The predicted molar refractivity (Wildman–Crippen MR) is 134 cm³/mol. The van der Waals surface area contributed by atoms with Crippen LogP contribution in [0.4, 0.5) is 5.69 Å². The van der Waals surface area contributed by atoms with Crippen LogP contribution in [0.2, 0.25) is 0 Å². The minimum absolute atomic E-state index is 0.273. The van der Waals surface area contributed by atoms with Gasteiger partial charge in [0, 0.05) is 22.4 Å². The molecule has 3 aromatic rings. The third-order valence-corrected chi connectivity index (χ3v) is 6.33. The predicted octanol–water partition coefficient (Wildman–Crippen LogP) is 4.35. The first kappa shape index (κ1) is 23.2. The van der Waals surface area contributed by atoms with Crippen LogP contribution >= 0.6 is 0 Å². The van der Waals surface area contributed by atoms with E-state index in [2.05, 4.69) is 17.1 Å². The smallest absolute Gasteiger partial charge is 0.277 e. The molecule has 2 aliphatic rings. The van der Waals surface area contributed by atoms with E-state index in [0.29, 0.717) is 46.2 Å². The standard InChI is InChI=1S/C28H24N2O6/c1-4-16-35-18-14-12-17(13-15-18)25(31)23-24(19-8-7-11-22(33-2)26(19)34-3)30-36-28(23)20-9-5-6-10-21(20)29-27(28)32/h4-15,23H,1,16H2,2-3H3,(H,29,32)/t23-,28+/m0/s1. The van der Waals surface area contributed by atoms with Crippen molar-refractivity contribution in [3.05, 3.63) is 96.1 Å². The van der Waals surface area contributed by atoms with E-state index in [1.165, 1.54) is 14.2 Å². The highest BCUT2D eigenvalue weighted by molar-refractivity contribution is 6.25. The normalized spacial score (nSPS) is 19.7. The average molecular weight is 485 g/mol. The number of nitrogens with zero attached hydrogens (tertiary/aromatic N) is 1. The molecule has 8 heteroatoms. The number of oxime groups is 1. The van der Waals surface area contributed by atoms with Crippen molar-refractivity contribution in [3.8, 4) is 17.2 Å². The van der Waals surface area contributed by atoms with E-state index in [1.54, 1.807) is 72.8 Å². The summed E-state index contributed by atoms with van der Waals surface area (Å²) in [6.45, 7) is 3.98. The zero-order valence-corrected chi connectivity index (χ0v) is 19.8. The van der Waals surface area contributed by atoms with Crippen molar-refractivity contribution < 1.29 is 28.6 Å². The van der Waals surface area contributed by atoms with Crippen molar-refractivity contribution in [1.82, 2.24) is 0 Å². The van der Waals surface area contributed by atoms with Crippen LogP contribution in [-0.2, 0) is 15.2 Å².